The summed E-state index contributed by atoms with van der Waals surface area (Å²) in [5, 5.41) is 22.2. The molecule has 5 aliphatic heterocycles. The van der Waals surface area contributed by atoms with Crippen LogP contribution >= 0.6 is 0 Å². The average molecular weight is 764 g/mol. The third-order valence-corrected chi connectivity index (χ3v) is 12.3. The van der Waals surface area contributed by atoms with E-state index in [0.29, 0.717) is 53.4 Å². The fourth-order valence-electron chi connectivity index (χ4n) is 9.25. The van der Waals surface area contributed by atoms with Crippen LogP contribution in [0.2, 0.25) is 0 Å². The highest BCUT2D eigenvalue weighted by atomic mass is 16.5. The van der Waals surface area contributed by atoms with E-state index in [9.17, 15) is 10.2 Å². The van der Waals surface area contributed by atoms with Gasteiger partial charge in [-0.05, 0) is 135 Å². The molecule has 1 fully saturated rings. The standard InChI is InChI=1S/C46H57N3O7/c1-29-7-6-16-49(25-29)26-35(51)28-54-45-43(53-5)23-33-15-18-48(3)39-20-31-10-13-40(52-4)42(21-31)55-36-11-8-30(9-12-36)19-38-37-24-41(56-46(45)44(33)39)34(27-50)22-32(37)14-17-47(38)2/h8-13,21-24,29,35,38-39,50-51H,6-7,14-20,25-28H2,1-5H3/t29?,35?,38-,39-/m0/s1. The lowest BCUT2D eigenvalue weighted by Gasteiger charge is -2.38. The molecule has 0 amide bonds. The van der Waals surface area contributed by atoms with E-state index in [-0.39, 0.29) is 25.3 Å². The molecule has 0 saturated carbocycles. The zero-order chi connectivity index (χ0) is 38.9. The van der Waals surface area contributed by atoms with Crippen molar-refractivity contribution in [3.8, 4) is 40.2 Å². The van der Waals surface area contributed by atoms with Crippen molar-refractivity contribution in [2.75, 3.05) is 67.6 Å². The van der Waals surface area contributed by atoms with E-state index in [4.69, 9.17) is 23.7 Å². The Labute approximate surface area is 331 Å². The van der Waals surface area contributed by atoms with Gasteiger partial charge in [-0.1, -0.05) is 25.1 Å². The summed E-state index contributed by atoms with van der Waals surface area (Å²) >= 11 is 0. The predicted molar refractivity (Wildman–Crippen MR) is 217 cm³/mol. The third kappa shape index (κ3) is 7.95. The molecule has 298 valence electrons. The highest BCUT2D eigenvalue weighted by molar-refractivity contribution is 5.63. The van der Waals surface area contributed by atoms with E-state index in [1.54, 1.807) is 14.2 Å². The lowest BCUT2D eigenvalue weighted by molar-refractivity contribution is 0.0521. The van der Waals surface area contributed by atoms with Crippen LogP contribution in [-0.2, 0) is 32.3 Å². The van der Waals surface area contributed by atoms with Gasteiger partial charge in [0.15, 0.2) is 23.0 Å². The maximum Gasteiger partial charge on any atom is 0.204 e. The molecule has 2 unspecified atom stereocenters. The molecule has 10 nitrogen and oxygen atoms in total. The van der Waals surface area contributed by atoms with E-state index >= 15 is 0 Å². The Morgan fingerprint density at radius 2 is 1.54 bits per heavy atom. The number of nitrogens with zero attached hydrogens (tertiary/aromatic N) is 3. The number of rotatable bonds is 8. The minimum atomic E-state index is -0.703. The van der Waals surface area contributed by atoms with Gasteiger partial charge < -0.3 is 38.8 Å². The topological polar surface area (TPSA) is 96.3 Å². The summed E-state index contributed by atoms with van der Waals surface area (Å²) in [6.07, 6.45) is 4.78. The number of benzene rings is 4. The van der Waals surface area contributed by atoms with Crippen LogP contribution in [0.5, 0.6) is 40.2 Å². The summed E-state index contributed by atoms with van der Waals surface area (Å²) in [5.74, 6) is 4.86. The van der Waals surface area contributed by atoms with E-state index in [0.717, 1.165) is 79.9 Å². The number of likely N-dealkylation sites (tertiary alicyclic amines) is 1. The molecule has 4 aromatic carbocycles. The summed E-state index contributed by atoms with van der Waals surface area (Å²) in [5.41, 5.74) is 7.54. The fourth-order valence-corrected chi connectivity index (χ4v) is 9.25. The summed E-state index contributed by atoms with van der Waals surface area (Å²) in [7, 11) is 7.65. The molecular formula is C46H57N3O7. The van der Waals surface area contributed by atoms with Crippen molar-refractivity contribution in [2.45, 2.75) is 70.2 Å². The van der Waals surface area contributed by atoms with E-state index in [1.807, 2.05) is 18.2 Å². The molecule has 0 spiro atoms. The van der Waals surface area contributed by atoms with Crippen LogP contribution in [0.25, 0.3) is 0 Å². The van der Waals surface area contributed by atoms with E-state index in [2.05, 4.69) is 78.2 Å². The number of hydrogen-bond acceptors (Lipinski definition) is 10. The van der Waals surface area contributed by atoms with Crippen molar-refractivity contribution in [3.05, 3.63) is 99.6 Å². The Hall–Kier alpha value is -4.32. The molecule has 0 radical (unpaired) electrons. The molecule has 5 heterocycles. The zero-order valence-corrected chi connectivity index (χ0v) is 33.6. The number of hydrogen-bond donors (Lipinski definition) is 2. The van der Waals surface area contributed by atoms with Crippen LogP contribution in [-0.4, -0.2) is 98.7 Å². The van der Waals surface area contributed by atoms with Gasteiger partial charge in [0, 0.05) is 49.4 Å². The summed E-state index contributed by atoms with van der Waals surface area (Å²) in [6, 6.07) is 20.8. The van der Waals surface area contributed by atoms with Crippen molar-refractivity contribution in [3.63, 3.8) is 0 Å². The SMILES string of the molecule is COc1ccc2cc1Oc1ccc(cc1)C[C@H]1c3cc(c(CO)cc3CCN1C)Oc1c(OCC(O)CN3CCCC(C)C3)c(OC)cc3c1[C@H](C2)N(C)CC3. The van der Waals surface area contributed by atoms with Crippen LogP contribution < -0.4 is 23.7 Å². The molecule has 4 atom stereocenters. The number of likely N-dealkylation sites (N-methyl/N-ethyl adjacent to an activating group) is 2. The van der Waals surface area contributed by atoms with Gasteiger partial charge in [-0.15, -0.1) is 0 Å². The molecule has 0 aromatic heterocycles. The number of fused-ring (bicyclic) bond motifs is 2. The molecule has 0 aliphatic carbocycles. The first-order valence-corrected chi connectivity index (χ1v) is 20.3. The highest BCUT2D eigenvalue weighted by Crippen LogP contribution is 2.51. The summed E-state index contributed by atoms with van der Waals surface area (Å²) < 4.78 is 32.2. The zero-order valence-electron chi connectivity index (χ0n) is 33.6. The Kier molecular flexibility index (Phi) is 11.5. The third-order valence-electron chi connectivity index (χ3n) is 12.3. The van der Waals surface area contributed by atoms with Crippen LogP contribution in [0.4, 0.5) is 0 Å². The number of ether oxygens (including phenoxy) is 5. The van der Waals surface area contributed by atoms with E-state index in [1.165, 1.54) is 23.1 Å². The van der Waals surface area contributed by atoms with Gasteiger partial charge in [-0.2, -0.15) is 0 Å². The molecule has 1 saturated heterocycles. The van der Waals surface area contributed by atoms with Crippen molar-refractivity contribution < 1.29 is 33.9 Å². The van der Waals surface area contributed by atoms with Gasteiger partial charge in [0.25, 0.3) is 0 Å². The molecule has 56 heavy (non-hydrogen) atoms. The van der Waals surface area contributed by atoms with Crippen LogP contribution in [0.1, 0.15) is 70.8 Å². The van der Waals surface area contributed by atoms with Gasteiger partial charge in [-0.3, -0.25) is 9.80 Å². The lowest BCUT2D eigenvalue weighted by atomic mass is 9.86. The lowest BCUT2D eigenvalue weighted by Crippen LogP contribution is -2.41. The molecule has 9 rings (SSSR count). The molecular weight excluding hydrogens is 707 g/mol. The second-order valence-electron chi connectivity index (χ2n) is 16.3. The van der Waals surface area contributed by atoms with Gasteiger partial charge in [-0.25, -0.2) is 0 Å². The van der Waals surface area contributed by atoms with Crippen molar-refractivity contribution in [2.24, 2.45) is 5.92 Å². The first kappa shape index (κ1) is 38.5. The minimum absolute atomic E-state index is 0.0818. The summed E-state index contributed by atoms with van der Waals surface area (Å²) in [4.78, 5) is 7.11. The number of piperidine rings is 1. The highest BCUT2D eigenvalue weighted by Gasteiger charge is 2.35. The van der Waals surface area contributed by atoms with Crippen LogP contribution in [0.15, 0.2) is 60.7 Å². The number of methoxy groups -OCH3 is 2. The van der Waals surface area contributed by atoms with Crippen LogP contribution in [0, 0.1) is 5.92 Å². The second kappa shape index (κ2) is 16.6. The number of aliphatic hydroxyl groups excluding tert-OH is 2. The molecule has 4 aromatic rings. The minimum Gasteiger partial charge on any atom is -0.493 e. The van der Waals surface area contributed by atoms with Crippen molar-refractivity contribution in [1.29, 1.82) is 0 Å². The van der Waals surface area contributed by atoms with Crippen LogP contribution in [0.3, 0.4) is 0 Å². The Balaban J connectivity index is 1.28. The maximum atomic E-state index is 11.4. The first-order chi connectivity index (χ1) is 27.2. The first-order valence-electron chi connectivity index (χ1n) is 20.3. The smallest absolute Gasteiger partial charge is 0.204 e. The van der Waals surface area contributed by atoms with Gasteiger partial charge in [0.1, 0.15) is 24.2 Å². The molecule has 6 bridgehead atoms. The Morgan fingerprint density at radius 1 is 0.804 bits per heavy atom. The van der Waals surface area contributed by atoms with Gasteiger partial charge >= 0.3 is 0 Å². The maximum absolute atomic E-state index is 11.4. The number of aliphatic hydroxyl groups is 2. The Morgan fingerprint density at radius 3 is 2.29 bits per heavy atom. The molecule has 2 N–H and O–H groups in total. The second-order valence-corrected chi connectivity index (χ2v) is 16.3. The fraction of sp³-hybridized carbons (Fsp3) is 0.478. The number of β-amino-alcohol motifs (C(OH)–C–C–N with tert-alkyl or cyclic N) is 1. The average Bonchev–Trinajstić information content (AvgIpc) is 3.19. The monoisotopic (exact) mass is 763 g/mol. The predicted octanol–water partition coefficient (Wildman–Crippen LogP) is 7.11. The Bertz CT molecular complexity index is 2020. The van der Waals surface area contributed by atoms with E-state index < -0.39 is 6.10 Å². The quantitative estimate of drug-likeness (QED) is 0.194. The summed E-state index contributed by atoms with van der Waals surface area (Å²) in [6.45, 7) is 6.43. The largest absolute Gasteiger partial charge is 0.493 e. The molecule has 10 heteroatoms. The molecule has 5 aliphatic rings. The van der Waals surface area contributed by atoms with Gasteiger partial charge in [0.2, 0.25) is 5.75 Å². The normalized spacial score (nSPS) is 21.9. The van der Waals surface area contributed by atoms with Crippen molar-refractivity contribution in [1.82, 2.24) is 14.7 Å². The van der Waals surface area contributed by atoms with Gasteiger partial charge in [0.05, 0.1) is 20.8 Å². The van der Waals surface area contributed by atoms with Crippen molar-refractivity contribution >= 4 is 0 Å².